The molecule has 2 aromatic heterocycles. The van der Waals surface area contributed by atoms with E-state index in [1.165, 1.54) is 6.20 Å². The topological polar surface area (TPSA) is 113 Å². The van der Waals surface area contributed by atoms with E-state index < -0.39 is 10.5 Å². The molecule has 0 aromatic carbocycles. The fourth-order valence-corrected chi connectivity index (χ4v) is 3.18. The van der Waals surface area contributed by atoms with Crippen LogP contribution in [0.5, 0.6) is 6.01 Å². The van der Waals surface area contributed by atoms with Crippen molar-refractivity contribution in [3.63, 3.8) is 0 Å². The molecule has 25 heavy (non-hydrogen) atoms. The molecule has 0 aliphatic carbocycles. The maximum absolute atomic E-state index is 10.8. The second-order valence-electron chi connectivity index (χ2n) is 6.61. The summed E-state index contributed by atoms with van der Waals surface area (Å²) in [6.07, 6.45) is 3.30. The van der Waals surface area contributed by atoms with E-state index in [1.54, 1.807) is 9.25 Å². The van der Waals surface area contributed by atoms with Gasteiger partial charge in [-0.15, -0.1) is 5.10 Å². The van der Waals surface area contributed by atoms with Gasteiger partial charge in [-0.1, -0.05) is 5.21 Å². The van der Waals surface area contributed by atoms with Gasteiger partial charge in [0, 0.05) is 30.8 Å². The van der Waals surface area contributed by atoms with Gasteiger partial charge < -0.3 is 19.6 Å². The first-order chi connectivity index (χ1) is 12.0. The first-order valence-electron chi connectivity index (χ1n) is 8.10. The molecule has 0 N–H and O–H groups in total. The zero-order valence-corrected chi connectivity index (χ0v) is 13.9. The molecule has 0 spiro atoms. The molecule has 11 heteroatoms. The van der Waals surface area contributed by atoms with Crippen molar-refractivity contribution in [2.24, 2.45) is 0 Å². The Kier molecular flexibility index (Phi) is 3.88. The van der Waals surface area contributed by atoms with Gasteiger partial charge in [0.1, 0.15) is 11.8 Å². The lowest BCUT2D eigenvalue weighted by molar-refractivity contribution is -0.389. The largest absolute Gasteiger partial charge is 0.436 e. The monoisotopic (exact) mass is 349 g/mol. The molecule has 2 aromatic rings. The van der Waals surface area contributed by atoms with Crippen LogP contribution in [0.1, 0.15) is 12.6 Å². The molecule has 2 aliphatic rings. The van der Waals surface area contributed by atoms with Crippen molar-refractivity contribution >= 4 is 5.82 Å². The lowest BCUT2D eigenvalue weighted by atomic mass is 10.1. The number of nitrogens with zero attached hydrogens (tertiary/aromatic N) is 7. The van der Waals surface area contributed by atoms with Gasteiger partial charge in [-0.2, -0.15) is 0 Å². The van der Waals surface area contributed by atoms with Crippen LogP contribution in [-0.4, -0.2) is 66.3 Å². The van der Waals surface area contributed by atoms with E-state index >= 15 is 0 Å². The number of fused-ring (bicyclic) bond motifs is 1. The van der Waals surface area contributed by atoms with Gasteiger partial charge in [-0.05, 0) is 11.8 Å². The Bertz CT molecular complexity index is 756. The third-order valence-electron chi connectivity index (χ3n) is 4.33. The zero-order chi connectivity index (χ0) is 17.4. The van der Waals surface area contributed by atoms with Crippen LogP contribution in [0, 0.1) is 10.1 Å². The van der Waals surface area contributed by atoms with E-state index in [0.717, 1.165) is 38.5 Å². The average Bonchev–Trinajstić information content (AvgIpc) is 3.22. The first kappa shape index (κ1) is 16.0. The number of hydrogen-bond acceptors (Lipinski definition) is 8. The Morgan fingerprint density at radius 1 is 1.36 bits per heavy atom. The average molecular weight is 349 g/mol. The Morgan fingerprint density at radius 3 is 2.88 bits per heavy atom. The Labute approximate surface area is 143 Å². The normalized spacial score (nSPS) is 23.4. The molecule has 4 heterocycles. The SMILES string of the molecule is C[C@]1(Cn2cc(CN3CCOCC3)nn2)Cn2cc([N+](=O)[O-])nc2O1. The number of imidazole rings is 1. The number of rotatable bonds is 5. The van der Waals surface area contributed by atoms with E-state index in [9.17, 15) is 10.1 Å². The summed E-state index contributed by atoms with van der Waals surface area (Å²) in [5.74, 6) is -0.203. The van der Waals surface area contributed by atoms with Gasteiger partial charge in [-0.25, -0.2) is 4.68 Å². The van der Waals surface area contributed by atoms with E-state index in [1.807, 2.05) is 13.1 Å². The number of morpholine rings is 1. The van der Waals surface area contributed by atoms with Crippen LogP contribution in [0.15, 0.2) is 12.4 Å². The van der Waals surface area contributed by atoms with Crippen LogP contribution in [-0.2, 0) is 24.4 Å². The minimum Gasteiger partial charge on any atom is -0.436 e. The van der Waals surface area contributed by atoms with E-state index in [0.29, 0.717) is 13.1 Å². The number of ether oxygens (including phenoxy) is 2. The van der Waals surface area contributed by atoms with E-state index in [-0.39, 0.29) is 11.8 Å². The molecule has 1 atom stereocenters. The van der Waals surface area contributed by atoms with E-state index in [2.05, 4.69) is 20.2 Å². The Balaban J connectivity index is 1.39. The van der Waals surface area contributed by atoms with Crippen LogP contribution in [0.3, 0.4) is 0 Å². The fourth-order valence-electron chi connectivity index (χ4n) is 3.18. The van der Waals surface area contributed by atoms with E-state index in [4.69, 9.17) is 9.47 Å². The van der Waals surface area contributed by atoms with Crippen LogP contribution in [0.4, 0.5) is 5.82 Å². The van der Waals surface area contributed by atoms with Crippen molar-refractivity contribution < 1.29 is 14.4 Å². The highest BCUT2D eigenvalue weighted by molar-refractivity contribution is 5.23. The summed E-state index contributed by atoms with van der Waals surface area (Å²) in [4.78, 5) is 16.4. The van der Waals surface area contributed by atoms with Gasteiger partial charge in [0.25, 0.3) is 0 Å². The van der Waals surface area contributed by atoms with Gasteiger partial charge in [0.2, 0.25) is 0 Å². The summed E-state index contributed by atoms with van der Waals surface area (Å²) in [6, 6.07) is 0.267. The molecule has 2 aliphatic heterocycles. The van der Waals surface area contributed by atoms with Crippen molar-refractivity contribution in [3.05, 3.63) is 28.2 Å². The maximum Gasteiger partial charge on any atom is 0.415 e. The molecular weight excluding hydrogens is 330 g/mol. The molecule has 11 nitrogen and oxygen atoms in total. The summed E-state index contributed by atoms with van der Waals surface area (Å²) in [5.41, 5.74) is 0.332. The summed E-state index contributed by atoms with van der Waals surface area (Å²) in [5, 5.41) is 19.2. The maximum atomic E-state index is 10.8. The molecular formula is C14H19N7O4. The fraction of sp³-hybridized carbons (Fsp3) is 0.643. The summed E-state index contributed by atoms with van der Waals surface area (Å²) < 4.78 is 14.6. The van der Waals surface area contributed by atoms with Crippen molar-refractivity contribution in [2.75, 3.05) is 26.3 Å². The molecule has 4 rings (SSSR count). The predicted octanol–water partition coefficient (Wildman–Crippen LogP) is 0.0663. The highest BCUT2D eigenvalue weighted by Crippen LogP contribution is 2.31. The second-order valence-corrected chi connectivity index (χ2v) is 6.61. The Hall–Kier alpha value is -2.53. The van der Waals surface area contributed by atoms with Crippen molar-refractivity contribution in [1.82, 2.24) is 29.4 Å². The minimum atomic E-state index is -0.568. The standard InChI is InChI=1S/C14H19N7O4/c1-14(9-19-8-12(21(22)23)15-13(19)25-14)10-20-7-11(16-17-20)6-18-2-4-24-5-3-18/h7-8H,2-6,9-10H2,1H3/t14-/m1/s1. The number of aromatic nitrogens is 5. The molecule has 0 amide bonds. The molecule has 134 valence electrons. The van der Waals surface area contributed by atoms with Gasteiger partial charge in [-0.3, -0.25) is 9.47 Å². The minimum absolute atomic E-state index is 0.203. The second kappa shape index (κ2) is 6.08. The smallest absolute Gasteiger partial charge is 0.415 e. The predicted molar refractivity (Wildman–Crippen MR) is 84.0 cm³/mol. The highest BCUT2D eigenvalue weighted by atomic mass is 16.6. The summed E-state index contributed by atoms with van der Waals surface area (Å²) >= 11 is 0. The third-order valence-corrected chi connectivity index (χ3v) is 4.33. The summed E-state index contributed by atoms with van der Waals surface area (Å²) in [6.45, 7) is 6.92. The lowest BCUT2D eigenvalue weighted by Crippen LogP contribution is -2.37. The lowest BCUT2D eigenvalue weighted by Gasteiger charge is -2.25. The molecule has 1 fully saturated rings. The molecule has 1 saturated heterocycles. The third kappa shape index (κ3) is 3.33. The number of hydrogen-bond donors (Lipinski definition) is 0. The van der Waals surface area contributed by atoms with Crippen molar-refractivity contribution in [1.29, 1.82) is 0 Å². The highest BCUT2D eigenvalue weighted by Gasteiger charge is 2.41. The zero-order valence-electron chi connectivity index (χ0n) is 13.9. The van der Waals surface area contributed by atoms with Crippen molar-refractivity contribution in [3.8, 4) is 6.01 Å². The summed E-state index contributed by atoms with van der Waals surface area (Å²) in [7, 11) is 0. The number of nitro groups is 1. The molecule has 0 saturated carbocycles. The van der Waals surface area contributed by atoms with Crippen LogP contribution >= 0.6 is 0 Å². The van der Waals surface area contributed by atoms with Gasteiger partial charge in [0.05, 0.1) is 32.0 Å². The van der Waals surface area contributed by atoms with Gasteiger partial charge >= 0.3 is 11.8 Å². The molecule has 0 unspecified atom stereocenters. The quantitative estimate of drug-likeness (QED) is 0.550. The molecule has 0 radical (unpaired) electrons. The Morgan fingerprint density at radius 2 is 2.16 bits per heavy atom. The van der Waals surface area contributed by atoms with Crippen LogP contribution in [0.25, 0.3) is 0 Å². The van der Waals surface area contributed by atoms with Gasteiger partial charge in [0.15, 0.2) is 0 Å². The first-order valence-corrected chi connectivity index (χ1v) is 8.10. The van der Waals surface area contributed by atoms with Crippen LogP contribution < -0.4 is 4.74 Å². The molecule has 0 bridgehead atoms. The van der Waals surface area contributed by atoms with Crippen LogP contribution in [0.2, 0.25) is 0 Å². The van der Waals surface area contributed by atoms with Crippen molar-refractivity contribution in [2.45, 2.75) is 32.2 Å².